The summed E-state index contributed by atoms with van der Waals surface area (Å²) in [5, 5.41) is 2.90. The number of rotatable bonds is 8. The van der Waals surface area contributed by atoms with E-state index < -0.39 is 18.5 Å². The SMILES string of the molecule is COc1ccccc1OCCNC(=O)COC(=O)c1c(Cl)cccc1Cl. The maximum absolute atomic E-state index is 12.0. The first-order valence-corrected chi connectivity index (χ1v) is 8.42. The van der Waals surface area contributed by atoms with E-state index in [4.69, 9.17) is 37.4 Å². The lowest BCUT2D eigenvalue weighted by molar-refractivity contribution is -0.124. The minimum atomic E-state index is -0.763. The zero-order valence-electron chi connectivity index (χ0n) is 14.0. The van der Waals surface area contributed by atoms with Gasteiger partial charge < -0.3 is 19.5 Å². The summed E-state index contributed by atoms with van der Waals surface area (Å²) in [5.74, 6) is -0.0559. The van der Waals surface area contributed by atoms with Gasteiger partial charge in [0.1, 0.15) is 6.61 Å². The fraction of sp³-hybridized carbons (Fsp3) is 0.222. The summed E-state index contributed by atoms with van der Waals surface area (Å²) < 4.78 is 15.6. The lowest BCUT2D eigenvalue weighted by atomic mass is 10.2. The number of hydrogen-bond donors (Lipinski definition) is 1. The van der Waals surface area contributed by atoms with Crippen LogP contribution in [0.4, 0.5) is 0 Å². The zero-order chi connectivity index (χ0) is 18.9. The molecule has 6 nitrogen and oxygen atoms in total. The summed E-state index contributed by atoms with van der Waals surface area (Å²) in [4.78, 5) is 23.7. The van der Waals surface area contributed by atoms with Crippen molar-refractivity contribution in [1.82, 2.24) is 5.32 Å². The smallest absolute Gasteiger partial charge is 0.341 e. The van der Waals surface area contributed by atoms with E-state index in [1.807, 2.05) is 12.1 Å². The molecule has 0 bridgehead atoms. The van der Waals surface area contributed by atoms with Crippen LogP contribution in [0.1, 0.15) is 10.4 Å². The predicted molar refractivity (Wildman–Crippen MR) is 98.2 cm³/mol. The second-order valence-corrected chi connectivity index (χ2v) is 5.84. The summed E-state index contributed by atoms with van der Waals surface area (Å²) in [6.45, 7) is 0.0206. The minimum Gasteiger partial charge on any atom is -0.493 e. The quantitative estimate of drug-likeness (QED) is 0.545. The zero-order valence-corrected chi connectivity index (χ0v) is 15.5. The molecular formula is C18H17Cl2NO5. The molecular weight excluding hydrogens is 381 g/mol. The molecule has 0 saturated carbocycles. The van der Waals surface area contributed by atoms with E-state index in [0.717, 1.165) is 0 Å². The van der Waals surface area contributed by atoms with Crippen LogP contribution < -0.4 is 14.8 Å². The predicted octanol–water partition coefficient (Wildman–Crippen LogP) is 3.35. The molecule has 0 heterocycles. The molecule has 2 rings (SSSR count). The van der Waals surface area contributed by atoms with Crippen LogP contribution in [0, 0.1) is 0 Å². The average Bonchev–Trinajstić information content (AvgIpc) is 2.63. The molecule has 8 heteroatoms. The highest BCUT2D eigenvalue weighted by Gasteiger charge is 2.17. The third kappa shape index (κ3) is 5.54. The van der Waals surface area contributed by atoms with Crippen LogP contribution in [0.2, 0.25) is 10.0 Å². The molecule has 0 aliphatic rings. The summed E-state index contributed by atoms with van der Waals surface area (Å²) in [7, 11) is 1.55. The number of hydrogen-bond acceptors (Lipinski definition) is 5. The molecule has 0 aliphatic heterocycles. The number of methoxy groups -OCH3 is 1. The third-order valence-corrected chi connectivity index (χ3v) is 3.88. The van der Waals surface area contributed by atoms with E-state index in [0.29, 0.717) is 11.5 Å². The van der Waals surface area contributed by atoms with E-state index in [2.05, 4.69) is 5.32 Å². The molecule has 0 aliphatic carbocycles. The maximum atomic E-state index is 12.0. The number of benzene rings is 2. The van der Waals surface area contributed by atoms with Crippen molar-refractivity contribution >= 4 is 35.1 Å². The largest absolute Gasteiger partial charge is 0.493 e. The third-order valence-electron chi connectivity index (χ3n) is 3.25. The fourth-order valence-corrected chi connectivity index (χ4v) is 2.59. The van der Waals surface area contributed by atoms with Gasteiger partial charge in [-0.05, 0) is 24.3 Å². The van der Waals surface area contributed by atoms with Crippen molar-refractivity contribution in [3.8, 4) is 11.5 Å². The van der Waals surface area contributed by atoms with Crippen LogP contribution in [0.25, 0.3) is 0 Å². The van der Waals surface area contributed by atoms with Crippen LogP contribution in [-0.2, 0) is 9.53 Å². The number of para-hydroxylation sites is 2. The van der Waals surface area contributed by atoms with Gasteiger partial charge in [-0.2, -0.15) is 0 Å². The number of carbonyl (C=O) groups excluding carboxylic acids is 2. The van der Waals surface area contributed by atoms with Crippen LogP contribution >= 0.6 is 23.2 Å². The highest BCUT2D eigenvalue weighted by atomic mass is 35.5. The van der Waals surface area contributed by atoms with Crippen molar-refractivity contribution in [3.63, 3.8) is 0 Å². The van der Waals surface area contributed by atoms with E-state index in [-0.39, 0.29) is 28.8 Å². The van der Waals surface area contributed by atoms with Gasteiger partial charge in [-0.3, -0.25) is 4.79 Å². The first-order valence-electron chi connectivity index (χ1n) is 7.66. The number of carbonyl (C=O) groups is 2. The Bertz CT molecular complexity index is 762. The van der Waals surface area contributed by atoms with Crippen LogP contribution in [0.5, 0.6) is 11.5 Å². The Morgan fingerprint density at radius 1 is 1.00 bits per heavy atom. The lowest BCUT2D eigenvalue weighted by Gasteiger charge is -2.11. The van der Waals surface area contributed by atoms with Gasteiger partial charge in [0.25, 0.3) is 5.91 Å². The van der Waals surface area contributed by atoms with Gasteiger partial charge >= 0.3 is 5.97 Å². The monoisotopic (exact) mass is 397 g/mol. The van der Waals surface area contributed by atoms with E-state index >= 15 is 0 Å². The number of esters is 1. The Kier molecular flexibility index (Phi) is 7.56. The molecule has 0 unspecified atom stereocenters. The highest BCUT2D eigenvalue weighted by Crippen LogP contribution is 2.26. The van der Waals surface area contributed by atoms with Gasteiger partial charge in [0, 0.05) is 0 Å². The van der Waals surface area contributed by atoms with Gasteiger partial charge in [-0.25, -0.2) is 4.79 Å². The molecule has 1 N–H and O–H groups in total. The normalized spacial score (nSPS) is 10.1. The molecule has 0 fully saturated rings. The van der Waals surface area contributed by atoms with Gasteiger partial charge in [-0.15, -0.1) is 0 Å². The fourth-order valence-electron chi connectivity index (χ4n) is 2.04. The Morgan fingerprint density at radius 2 is 1.65 bits per heavy atom. The molecule has 0 aromatic heterocycles. The minimum absolute atomic E-state index is 0.0307. The summed E-state index contributed by atoms with van der Waals surface area (Å²) in [6.07, 6.45) is 0. The molecule has 26 heavy (non-hydrogen) atoms. The van der Waals surface area contributed by atoms with Crippen molar-refractivity contribution in [2.24, 2.45) is 0 Å². The topological polar surface area (TPSA) is 73.9 Å². The van der Waals surface area contributed by atoms with Crippen LogP contribution in [0.15, 0.2) is 42.5 Å². The number of ether oxygens (including phenoxy) is 3. The number of nitrogens with one attached hydrogen (secondary N) is 1. The first-order chi connectivity index (χ1) is 12.5. The van der Waals surface area contributed by atoms with Crippen LogP contribution in [-0.4, -0.2) is 38.7 Å². The van der Waals surface area contributed by atoms with Crippen molar-refractivity contribution in [1.29, 1.82) is 0 Å². The van der Waals surface area contributed by atoms with E-state index in [1.54, 1.807) is 25.3 Å². The van der Waals surface area contributed by atoms with E-state index in [1.165, 1.54) is 12.1 Å². The van der Waals surface area contributed by atoms with Crippen molar-refractivity contribution in [2.75, 3.05) is 26.9 Å². The van der Waals surface area contributed by atoms with Gasteiger partial charge in [-0.1, -0.05) is 41.4 Å². The average molecular weight is 398 g/mol. The van der Waals surface area contributed by atoms with Crippen molar-refractivity contribution in [3.05, 3.63) is 58.1 Å². The van der Waals surface area contributed by atoms with Crippen molar-refractivity contribution < 1.29 is 23.8 Å². The maximum Gasteiger partial charge on any atom is 0.341 e. The van der Waals surface area contributed by atoms with Gasteiger partial charge in [0.15, 0.2) is 18.1 Å². The molecule has 0 atom stereocenters. The number of halogens is 2. The second-order valence-electron chi connectivity index (χ2n) is 5.02. The molecule has 0 radical (unpaired) electrons. The highest BCUT2D eigenvalue weighted by molar-refractivity contribution is 6.39. The summed E-state index contributed by atoms with van der Waals surface area (Å²) >= 11 is 11.8. The Hall–Kier alpha value is -2.44. The number of amides is 1. The molecule has 0 saturated heterocycles. The Morgan fingerprint density at radius 3 is 2.31 bits per heavy atom. The van der Waals surface area contributed by atoms with E-state index in [9.17, 15) is 9.59 Å². The molecule has 1 amide bonds. The molecule has 0 spiro atoms. The standard InChI is InChI=1S/C18H17Cl2NO5/c1-24-14-7-2-3-8-15(14)25-10-9-21-16(22)11-26-18(23)17-12(19)5-4-6-13(17)20/h2-8H,9-11H2,1H3,(H,21,22). The summed E-state index contributed by atoms with van der Waals surface area (Å²) in [6, 6.07) is 11.8. The molecule has 2 aromatic carbocycles. The van der Waals surface area contributed by atoms with Crippen molar-refractivity contribution in [2.45, 2.75) is 0 Å². The first kappa shape index (κ1) is 19.9. The lowest BCUT2D eigenvalue weighted by Crippen LogP contribution is -2.32. The molecule has 2 aromatic rings. The Labute approximate surface area is 160 Å². The Balaban J connectivity index is 1.73. The molecule has 138 valence electrons. The van der Waals surface area contributed by atoms with Gasteiger partial charge in [0.2, 0.25) is 0 Å². The van der Waals surface area contributed by atoms with Crippen LogP contribution in [0.3, 0.4) is 0 Å². The second kappa shape index (κ2) is 9.89. The summed E-state index contributed by atoms with van der Waals surface area (Å²) in [5.41, 5.74) is 0.0307. The van der Waals surface area contributed by atoms with Gasteiger partial charge in [0.05, 0.1) is 29.3 Å².